The molecule has 2 N–H and O–H groups in total. The lowest BCUT2D eigenvalue weighted by molar-refractivity contribution is 0.0949. The van der Waals surface area contributed by atoms with Crippen molar-refractivity contribution in [2.24, 2.45) is 0 Å². The Labute approximate surface area is 140 Å². The van der Waals surface area contributed by atoms with Gasteiger partial charge in [0.15, 0.2) is 0 Å². The zero-order valence-electron chi connectivity index (χ0n) is 13.4. The standard InChI is InChI=1S/C19H20N4O/c24-19(17-6-2-1-5-16(17)14-8-9-20-11-14)21-12-15-13-22-23-10-4-3-7-18(15)23/h1-7,10,13-14,20H,8-9,11-12H2,(H,21,24). The lowest BCUT2D eigenvalue weighted by Crippen LogP contribution is -2.24. The minimum Gasteiger partial charge on any atom is -0.348 e. The summed E-state index contributed by atoms with van der Waals surface area (Å²) in [4.78, 5) is 12.7. The van der Waals surface area contributed by atoms with Crippen molar-refractivity contribution in [3.8, 4) is 0 Å². The van der Waals surface area contributed by atoms with E-state index in [0.717, 1.165) is 41.7 Å². The van der Waals surface area contributed by atoms with Crippen molar-refractivity contribution in [3.05, 3.63) is 71.5 Å². The highest BCUT2D eigenvalue weighted by Gasteiger charge is 2.22. The zero-order valence-corrected chi connectivity index (χ0v) is 13.4. The van der Waals surface area contributed by atoms with E-state index in [1.807, 2.05) is 53.3 Å². The number of aromatic nitrogens is 2. The molecule has 5 heteroatoms. The third-order valence-corrected chi connectivity index (χ3v) is 4.65. The van der Waals surface area contributed by atoms with E-state index in [0.29, 0.717) is 12.5 Å². The molecule has 3 aromatic rings. The van der Waals surface area contributed by atoms with Gasteiger partial charge in [-0.15, -0.1) is 0 Å². The van der Waals surface area contributed by atoms with Crippen molar-refractivity contribution in [1.82, 2.24) is 20.2 Å². The average Bonchev–Trinajstić information content (AvgIpc) is 3.30. The van der Waals surface area contributed by atoms with E-state index in [2.05, 4.69) is 21.8 Å². The SMILES string of the molecule is O=C(NCc1cnn2ccccc12)c1ccccc1C1CCNC1. The molecule has 1 amide bonds. The van der Waals surface area contributed by atoms with Gasteiger partial charge in [-0.25, -0.2) is 4.52 Å². The smallest absolute Gasteiger partial charge is 0.251 e. The molecule has 0 radical (unpaired) electrons. The number of fused-ring (bicyclic) bond motifs is 1. The van der Waals surface area contributed by atoms with E-state index in [4.69, 9.17) is 0 Å². The minimum absolute atomic E-state index is 0.0206. The van der Waals surface area contributed by atoms with E-state index in [1.165, 1.54) is 0 Å². The fourth-order valence-corrected chi connectivity index (χ4v) is 3.37. The van der Waals surface area contributed by atoms with E-state index in [-0.39, 0.29) is 5.91 Å². The fourth-order valence-electron chi connectivity index (χ4n) is 3.37. The summed E-state index contributed by atoms with van der Waals surface area (Å²) >= 11 is 0. The molecule has 0 saturated carbocycles. The number of amides is 1. The van der Waals surface area contributed by atoms with Crippen LogP contribution in [0.2, 0.25) is 0 Å². The number of hydrogen-bond donors (Lipinski definition) is 2. The van der Waals surface area contributed by atoms with Gasteiger partial charge in [0.2, 0.25) is 0 Å². The van der Waals surface area contributed by atoms with E-state index in [9.17, 15) is 4.79 Å². The Kier molecular flexibility index (Phi) is 4.01. The van der Waals surface area contributed by atoms with Gasteiger partial charge in [-0.3, -0.25) is 4.79 Å². The van der Waals surface area contributed by atoms with Crippen LogP contribution in [0.3, 0.4) is 0 Å². The Morgan fingerprint density at radius 2 is 2.12 bits per heavy atom. The van der Waals surface area contributed by atoms with Gasteiger partial charge < -0.3 is 10.6 Å². The number of nitrogens with zero attached hydrogens (tertiary/aromatic N) is 2. The summed E-state index contributed by atoms with van der Waals surface area (Å²) in [6, 6.07) is 13.8. The second-order valence-corrected chi connectivity index (χ2v) is 6.16. The van der Waals surface area contributed by atoms with Crippen molar-refractivity contribution in [1.29, 1.82) is 0 Å². The van der Waals surface area contributed by atoms with Crippen LogP contribution in [0.1, 0.15) is 33.8 Å². The number of pyridine rings is 1. The summed E-state index contributed by atoms with van der Waals surface area (Å²) in [5.74, 6) is 0.400. The molecular weight excluding hydrogens is 300 g/mol. The Morgan fingerprint density at radius 1 is 1.25 bits per heavy atom. The van der Waals surface area contributed by atoms with Crippen LogP contribution in [-0.4, -0.2) is 28.6 Å². The van der Waals surface area contributed by atoms with Crippen LogP contribution in [-0.2, 0) is 6.54 Å². The maximum atomic E-state index is 12.7. The van der Waals surface area contributed by atoms with Gasteiger partial charge in [0.05, 0.1) is 11.7 Å². The normalized spacial score (nSPS) is 17.2. The van der Waals surface area contributed by atoms with Crippen LogP contribution >= 0.6 is 0 Å². The molecule has 24 heavy (non-hydrogen) atoms. The predicted octanol–water partition coefficient (Wildman–Crippen LogP) is 2.34. The number of hydrogen-bond acceptors (Lipinski definition) is 3. The maximum Gasteiger partial charge on any atom is 0.251 e. The van der Waals surface area contributed by atoms with Gasteiger partial charge >= 0.3 is 0 Å². The molecule has 0 bridgehead atoms. The van der Waals surface area contributed by atoms with Gasteiger partial charge in [0.25, 0.3) is 5.91 Å². The first kappa shape index (κ1) is 14.9. The highest BCUT2D eigenvalue weighted by atomic mass is 16.1. The molecule has 2 aromatic heterocycles. The quantitative estimate of drug-likeness (QED) is 0.776. The third kappa shape index (κ3) is 2.78. The number of carbonyl (C=O) groups is 1. The summed E-state index contributed by atoms with van der Waals surface area (Å²) < 4.78 is 1.82. The summed E-state index contributed by atoms with van der Waals surface area (Å²) in [5.41, 5.74) is 3.96. The number of rotatable bonds is 4. The maximum absolute atomic E-state index is 12.7. The van der Waals surface area contributed by atoms with Crippen molar-refractivity contribution in [3.63, 3.8) is 0 Å². The molecular formula is C19H20N4O. The summed E-state index contributed by atoms with van der Waals surface area (Å²) in [5, 5.41) is 10.7. The molecule has 1 fully saturated rings. The van der Waals surface area contributed by atoms with E-state index < -0.39 is 0 Å². The van der Waals surface area contributed by atoms with Crippen molar-refractivity contribution in [2.75, 3.05) is 13.1 Å². The van der Waals surface area contributed by atoms with Crippen LogP contribution in [0.25, 0.3) is 5.52 Å². The summed E-state index contributed by atoms with van der Waals surface area (Å²) in [6.45, 7) is 2.44. The van der Waals surface area contributed by atoms with Crippen LogP contribution in [0.5, 0.6) is 0 Å². The molecule has 0 spiro atoms. The number of nitrogens with one attached hydrogen (secondary N) is 2. The molecule has 4 rings (SSSR count). The predicted molar refractivity (Wildman–Crippen MR) is 93.0 cm³/mol. The number of benzene rings is 1. The molecule has 0 aliphatic carbocycles. The fraction of sp³-hybridized carbons (Fsp3) is 0.263. The largest absolute Gasteiger partial charge is 0.348 e. The summed E-state index contributed by atoms with van der Waals surface area (Å²) in [6.07, 6.45) is 4.80. The van der Waals surface area contributed by atoms with E-state index >= 15 is 0 Å². The minimum atomic E-state index is -0.0206. The van der Waals surface area contributed by atoms with Crippen LogP contribution in [0, 0.1) is 0 Å². The Bertz CT molecular complexity index is 864. The molecule has 122 valence electrons. The number of carbonyl (C=O) groups excluding carboxylic acids is 1. The van der Waals surface area contributed by atoms with Crippen molar-refractivity contribution in [2.45, 2.75) is 18.9 Å². The molecule has 1 unspecified atom stereocenters. The first-order valence-corrected chi connectivity index (χ1v) is 8.32. The molecule has 1 aromatic carbocycles. The third-order valence-electron chi connectivity index (χ3n) is 4.65. The van der Waals surface area contributed by atoms with Gasteiger partial charge in [0, 0.05) is 30.4 Å². The Hall–Kier alpha value is -2.66. The lowest BCUT2D eigenvalue weighted by atomic mass is 9.93. The molecule has 3 heterocycles. The highest BCUT2D eigenvalue weighted by molar-refractivity contribution is 5.96. The zero-order chi connectivity index (χ0) is 16.4. The molecule has 1 aliphatic rings. The second-order valence-electron chi connectivity index (χ2n) is 6.16. The van der Waals surface area contributed by atoms with Gasteiger partial charge in [-0.2, -0.15) is 5.10 Å². The molecule has 1 saturated heterocycles. The molecule has 1 aliphatic heterocycles. The monoisotopic (exact) mass is 320 g/mol. The van der Waals surface area contributed by atoms with Gasteiger partial charge in [-0.1, -0.05) is 24.3 Å². The first-order chi connectivity index (χ1) is 11.8. The van der Waals surface area contributed by atoms with E-state index in [1.54, 1.807) is 0 Å². The first-order valence-electron chi connectivity index (χ1n) is 8.32. The second kappa shape index (κ2) is 6.45. The highest BCUT2D eigenvalue weighted by Crippen LogP contribution is 2.25. The Morgan fingerprint density at radius 3 is 3.00 bits per heavy atom. The van der Waals surface area contributed by atoms with Gasteiger partial charge in [-0.05, 0) is 42.6 Å². The van der Waals surface area contributed by atoms with Crippen LogP contribution < -0.4 is 10.6 Å². The lowest BCUT2D eigenvalue weighted by Gasteiger charge is -2.14. The Balaban J connectivity index is 1.52. The topological polar surface area (TPSA) is 58.4 Å². The summed E-state index contributed by atoms with van der Waals surface area (Å²) in [7, 11) is 0. The van der Waals surface area contributed by atoms with Gasteiger partial charge in [0.1, 0.15) is 0 Å². The van der Waals surface area contributed by atoms with Crippen LogP contribution in [0.4, 0.5) is 0 Å². The van der Waals surface area contributed by atoms with Crippen molar-refractivity contribution >= 4 is 11.4 Å². The molecule has 1 atom stereocenters. The van der Waals surface area contributed by atoms with Crippen LogP contribution in [0.15, 0.2) is 54.9 Å². The average molecular weight is 320 g/mol. The molecule has 5 nitrogen and oxygen atoms in total. The van der Waals surface area contributed by atoms with Crippen molar-refractivity contribution < 1.29 is 4.79 Å².